The summed E-state index contributed by atoms with van der Waals surface area (Å²) in [5.41, 5.74) is 1.31. The molecule has 1 aromatic rings. The molecule has 4 rings (SSSR count). The first-order valence-corrected chi connectivity index (χ1v) is 9.83. The fourth-order valence-electron chi connectivity index (χ4n) is 5.45. The normalized spacial score (nSPS) is 38.7. The van der Waals surface area contributed by atoms with Gasteiger partial charge in [0, 0.05) is 12.8 Å². The van der Waals surface area contributed by atoms with Crippen LogP contribution in [0.25, 0.3) is 0 Å². The summed E-state index contributed by atoms with van der Waals surface area (Å²) in [6.45, 7) is 0. The fourth-order valence-corrected chi connectivity index (χ4v) is 5.45. The van der Waals surface area contributed by atoms with Crippen LogP contribution in [0.3, 0.4) is 0 Å². The van der Waals surface area contributed by atoms with Gasteiger partial charge in [0.05, 0.1) is 19.0 Å². The second-order valence-electron chi connectivity index (χ2n) is 8.10. The molecule has 1 aromatic carbocycles. The number of hydrogen-bond acceptors (Lipinski definition) is 2. The maximum Gasteiger partial charge on any atom is 0.310 e. The van der Waals surface area contributed by atoms with E-state index in [0.717, 1.165) is 25.7 Å². The third kappa shape index (κ3) is 2.99. The maximum atomic E-state index is 13.0. The quantitative estimate of drug-likeness (QED) is 0.865. The molecule has 1 saturated carbocycles. The summed E-state index contributed by atoms with van der Waals surface area (Å²) in [5, 5.41) is 0. The summed E-state index contributed by atoms with van der Waals surface area (Å²) >= 11 is 0. The molecule has 2 aliphatic heterocycles. The van der Waals surface area contributed by atoms with Crippen molar-refractivity contribution in [1.29, 1.82) is 0 Å². The zero-order chi connectivity index (χ0) is 16.5. The molecule has 0 spiro atoms. The average molecular weight is 328 g/mol. The van der Waals surface area contributed by atoms with Crippen molar-refractivity contribution in [3.63, 3.8) is 0 Å². The zero-order valence-corrected chi connectivity index (χ0v) is 14.7. The predicted octanol–water partition coefficient (Wildman–Crippen LogP) is 2.71. The van der Waals surface area contributed by atoms with Gasteiger partial charge in [0.15, 0.2) is 6.10 Å². The summed E-state index contributed by atoms with van der Waals surface area (Å²) in [5.74, 6) is 0.481. The Kier molecular flexibility index (Phi) is 4.62. The molecular formula is C21H30NO2+. The van der Waals surface area contributed by atoms with Crippen LogP contribution in [0.15, 0.2) is 30.3 Å². The Hall–Kier alpha value is -1.35. The maximum absolute atomic E-state index is 13.0. The number of carbonyl (C=O) groups excluding carboxylic acids is 1. The van der Waals surface area contributed by atoms with E-state index in [4.69, 9.17) is 4.74 Å². The van der Waals surface area contributed by atoms with Crippen LogP contribution in [-0.2, 0) is 9.53 Å². The van der Waals surface area contributed by atoms with E-state index in [2.05, 4.69) is 37.4 Å². The van der Waals surface area contributed by atoms with Gasteiger partial charge in [0.2, 0.25) is 0 Å². The van der Waals surface area contributed by atoms with Gasteiger partial charge in [-0.2, -0.15) is 0 Å². The van der Waals surface area contributed by atoms with E-state index in [1.54, 1.807) is 4.90 Å². The Bertz CT molecular complexity index is 572. The van der Waals surface area contributed by atoms with E-state index in [1.807, 2.05) is 0 Å². The molecule has 24 heavy (non-hydrogen) atoms. The Morgan fingerprint density at radius 2 is 1.83 bits per heavy atom. The van der Waals surface area contributed by atoms with Crippen LogP contribution in [0, 0.1) is 5.92 Å². The van der Waals surface area contributed by atoms with Gasteiger partial charge in [-0.15, -0.1) is 0 Å². The SMILES string of the molecule is C[NH+]1[C@H]2CCC[C@@H]1[C@H](OC(=O)C1CCCCC1c1ccccc1)C2. The van der Waals surface area contributed by atoms with Crippen molar-refractivity contribution in [2.75, 3.05) is 7.05 Å². The van der Waals surface area contributed by atoms with Crippen molar-refractivity contribution in [2.45, 2.75) is 75.5 Å². The fraction of sp³-hybridized carbons (Fsp3) is 0.667. The van der Waals surface area contributed by atoms with Crippen LogP contribution in [0.1, 0.15) is 62.8 Å². The number of piperidine rings is 1. The van der Waals surface area contributed by atoms with Gasteiger partial charge in [-0.1, -0.05) is 43.2 Å². The number of rotatable bonds is 3. The average Bonchev–Trinajstić information content (AvgIpc) is 2.80. The van der Waals surface area contributed by atoms with Gasteiger partial charge in [-0.3, -0.25) is 4.79 Å². The number of nitrogens with one attached hydrogen (secondary N) is 1. The summed E-state index contributed by atoms with van der Waals surface area (Å²) < 4.78 is 6.13. The van der Waals surface area contributed by atoms with Gasteiger partial charge in [0.25, 0.3) is 0 Å². The topological polar surface area (TPSA) is 30.7 Å². The first-order valence-electron chi connectivity index (χ1n) is 9.83. The van der Waals surface area contributed by atoms with Gasteiger partial charge < -0.3 is 9.64 Å². The molecule has 1 aliphatic carbocycles. The lowest BCUT2D eigenvalue weighted by Gasteiger charge is -2.32. The first kappa shape index (κ1) is 16.1. The van der Waals surface area contributed by atoms with E-state index < -0.39 is 0 Å². The second kappa shape index (κ2) is 6.87. The molecule has 1 N–H and O–H groups in total. The number of carbonyl (C=O) groups is 1. The monoisotopic (exact) mass is 328 g/mol. The molecule has 3 unspecified atom stereocenters. The lowest BCUT2D eigenvalue weighted by atomic mass is 9.75. The van der Waals surface area contributed by atoms with Crippen molar-refractivity contribution in [3.8, 4) is 0 Å². The van der Waals surface area contributed by atoms with Crippen molar-refractivity contribution in [1.82, 2.24) is 0 Å². The number of quaternary nitrogens is 1. The minimum atomic E-state index is 0.0573. The van der Waals surface area contributed by atoms with Gasteiger partial charge in [-0.25, -0.2) is 0 Å². The highest BCUT2D eigenvalue weighted by Crippen LogP contribution is 2.39. The molecule has 2 bridgehead atoms. The molecule has 6 atom stereocenters. The smallest absolute Gasteiger partial charge is 0.310 e. The number of hydrogen-bond donors (Lipinski definition) is 1. The lowest BCUT2D eigenvalue weighted by Crippen LogP contribution is -3.15. The van der Waals surface area contributed by atoms with Gasteiger partial charge in [0.1, 0.15) is 6.04 Å². The Balaban J connectivity index is 1.46. The largest absolute Gasteiger partial charge is 0.456 e. The Morgan fingerprint density at radius 3 is 2.62 bits per heavy atom. The van der Waals surface area contributed by atoms with E-state index in [1.165, 1.54) is 31.2 Å². The third-order valence-corrected chi connectivity index (χ3v) is 6.83. The molecule has 130 valence electrons. The second-order valence-corrected chi connectivity index (χ2v) is 8.10. The predicted molar refractivity (Wildman–Crippen MR) is 94.0 cm³/mol. The van der Waals surface area contributed by atoms with Crippen LogP contribution in [0.4, 0.5) is 0 Å². The van der Waals surface area contributed by atoms with Crippen molar-refractivity contribution >= 4 is 5.97 Å². The standard InChI is InChI=1S/C21H29NO2/c1-22-16-10-7-13-19(22)20(14-16)24-21(23)18-12-6-5-11-17(18)15-8-3-2-4-9-15/h2-4,8-9,16-20H,5-7,10-14H2,1H3/p+1/t16-,17?,18?,19+,20+/m0/s1. The molecule has 3 heteroatoms. The molecule has 3 aliphatic rings. The highest BCUT2D eigenvalue weighted by atomic mass is 16.5. The van der Waals surface area contributed by atoms with Crippen molar-refractivity contribution in [2.24, 2.45) is 5.92 Å². The molecule has 0 radical (unpaired) electrons. The van der Waals surface area contributed by atoms with Crippen LogP contribution < -0.4 is 4.90 Å². The lowest BCUT2D eigenvalue weighted by molar-refractivity contribution is -0.923. The zero-order valence-electron chi connectivity index (χ0n) is 14.7. The van der Waals surface area contributed by atoms with E-state index >= 15 is 0 Å². The van der Waals surface area contributed by atoms with E-state index in [0.29, 0.717) is 18.0 Å². The minimum Gasteiger partial charge on any atom is -0.456 e. The number of fused-ring (bicyclic) bond motifs is 2. The number of ether oxygens (including phenoxy) is 1. The van der Waals surface area contributed by atoms with Crippen LogP contribution in [0.2, 0.25) is 0 Å². The molecule has 0 aromatic heterocycles. The van der Waals surface area contributed by atoms with E-state index in [-0.39, 0.29) is 18.0 Å². The van der Waals surface area contributed by atoms with E-state index in [9.17, 15) is 4.79 Å². The van der Waals surface area contributed by atoms with Crippen LogP contribution in [0.5, 0.6) is 0 Å². The van der Waals surface area contributed by atoms with Crippen LogP contribution in [-0.4, -0.2) is 31.2 Å². The van der Waals surface area contributed by atoms with Crippen LogP contribution >= 0.6 is 0 Å². The summed E-state index contributed by atoms with van der Waals surface area (Å²) in [6, 6.07) is 11.8. The molecule has 0 amide bonds. The molecule has 3 nitrogen and oxygen atoms in total. The summed E-state index contributed by atoms with van der Waals surface area (Å²) in [4.78, 5) is 14.6. The molecule has 2 heterocycles. The Morgan fingerprint density at radius 1 is 1.04 bits per heavy atom. The summed E-state index contributed by atoms with van der Waals surface area (Å²) in [7, 11) is 2.29. The molecule has 2 saturated heterocycles. The third-order valence-electron chi connectivity index (χ3n) is 6.83. The number of esters is 1. The molecule has 3 fully saturated rings. The number of benzene rings is 1. The first-order chi connectivity index (χ1) is 11.7. The Labute approximate surface area is 145 Å². The highest BCUT2D eigenvalue weighted by Gasteiger charge is 2.48. The summed E-state index contributed by atoms with van der Waals surface area (Å²) in [6.07, 6.45) is 9.54. The highest BCUT2D eigenvalue weighted by molar-refractivity contribution is 5.74. The minimum absolute atomic E-state index is 0.0573. The van der Waals surface area contributed by atoms with Crippen molar-refractivity contribution in [3.05, 3.63) is 35.9 Å². The number of likely N-dealkylation sites (N-methyl/N-ethyl adjacent to an activating group) is 1. The van der Waals surface area contributed by atoms with Gasteiger partial charge >= 0.3 is 5.97 Å². The molecular weight excluding hydrogens is 298 g/mol. The van der Waals surface area contributed by atoms with Gasteiger partial charge in [-0.05, 0) is 37.2 Å². The van der Waals surface area contributed by atoms with Crippen molar-refractivity contribution < 1.29 is 14.4 Å².